The fraction of sp³-hybridized carbons (Fsp3) is 0.800. The quantitative estimate of drug-likeness (QED) is 0.354. The molecular weight excluding hydrogens is 166 g/mol. The van der Waals surface area contributed by atoms with Crippen molar-refractivity contribution < 1.29 is 4.92 Å². The maximum absolute atomic E-state index is 10.8. The van der Waals surface area contributed by atoms with Gasteiger partial charge in [0.2, 0.25) is 6.04 Å². The predicted molar refractivity (Wildman–Crippen MR) is 50.0 cm³/mol. The standard InChI is InChI=1S/C10H15NO2/c12-11(13)10-7-3-5-8-4-1-2-6-9(8)10/h3,5,8-10H,1-2,4,6-7H2/t8-,9+,10+/m1/s1. The Morgan fingerprint density at radius 2 is 2.08 bits per heavy atom. The summed E-state index contributed by atoms with van der Waals surface area (Å²) in [6.07, 6.45) is 9.49. The number of rotatable bonds is 1. The molecule has 2 rings (SSSR count). The van der Waals surface area contributed by atoms with Crippen molar-refractivity contribution in [3.8, 4) is 0 Å². The zero-order chi connectivity index (χ0) is 9.26. The van der Waals surface area contributed by atoms with E-state index in [-0.39, 0.29) is 11.0 Å². The number of hydrogen-bond acceptors (Lipinski definition) is 2. The van der Waals surface area contributed by atoms with E-state index in [2.05, 4.69) is 6.08 Å². The van der Waals surface area contributed by atoms with Gasteiger partial charge in [0.15, 0.2) is 0 Å². The van der Waals surface area contributed by atoms with Crippen molar-refractivity contribution >= 4 is 0 Å². The van der Waals surface area contributed by atoms with E-state index in [0.717, 1.165) is 12.8 Å². The molecule has 0 saturated heterocycles. The van der Waals surface area contributed by atoms with Crippen molar-refractivity contribution in [2.24, 2.45) is 11.8 Å². The Morgan fingerprint density at radius 1 is 1.31 bits per heavy atom. The van der Waals surface area contributed by atoms with E-state index in [9.17, 15) is 10.1 Å². The van der Waals surface area contributed by atoms with E-state index < -0.39 is 0 Å². The monoisotopic (exact) mass is 181 g/mol. The minimum atomic E-state index is -0.296. The van der Waals surface area contributed by atoms with Gasteiger partial charge < -0.3 is 0 Å². The van der Waals surface area contributed by atoms with Crippen LogP contribution in [0.3, 0.4) is 0 Å². The van der Waals surface area contributed by atoms with Gasteiger partial charge in [-0.3, -0.25) is 10.1 Å². The second-order valence-electron chi connectivity index (χ2n) is 4.13. The highest BCUT2D eigenvalue weighted by molar-refractivity contribution is 5.02. The van der Waals surface area contributed by atoms with Crippen molar-refractivity contribution in [3.05, 3.63) is 22.3 Å². The molecule has 72 valence electrons. The van der Waals surface area contributed by atoms with E-state index in [1.54, 1.807) is 0 Å². The molecule has 3 atom stereocenters. The van der Waals surface area contributed by atoms with Crippen molar-refractivity contribution in [2.75, 3.05) is 0 Å². The van der Waals surface area contributed by atoms with Crippen LogP contribution in [-0.4, -0.2) is 11.0 Å². The number of allylic oxidation sites excluding steroid dienone is 1. The van der Waals surface area contributed by atoms with Crippen molar-refractivity contribution in [3.63, 3.8) is 0 Å². The van der Waals surface area contributed by atoms with Crippen molar-refractivity contribution in [1.29, 1.82) is 0 Å². The summed E-state index contributed by atoms with van der Waals surface area (Å²) < 4.78 is 0. The molecule has 0 heterocycles. The third kappa shape index (κ3) is 1.60. The van der Waals surface area contributed by atoms with Crippen LogP contribution in [-0.2, 0) is 0 Å². The maximum Gasteiger partial charge on any atom is 0.219 e. The summed E-state index contributed by atoms with van der Waals surface area (Å²) in [6, 6.07) is -0.296. The number of hydrogen-bond donors (Lipinski definition) is 0. The summed E-state index contributed by atoms with van der Waals surface area (Å²) >= 11 is 0. The average Bonchev–Trinajstić information content (AvgIpc) is 2.17. The van der Waals surface area contributed by atoms with E-state index in [4.69, 9.17) is 0 Å². The molecular formula is C10H15NO2. The summed E-state index contributed by atoms with van der Waals surface area (Å²) in [5.41, 5.74) is 0. The van der Waals surface area contributed by atoms with Crippen LogP contribution in [0.5, 0.6) is 0 Å². The predicted octanol–water partition coefficient (Wildman–Crippen LogP) is 2.40. The summed E-state index contributed by atoms with van der Waals surface area (Å²) in [5.74, 6) is 0.826. The molecule has 3 nitrogen and oxygen atoms in total. The Hall–Kier alpha value is -0.860. The molecule has 0 aliphatic heterocycles. The van der Waals surface area contributed by atoms with Crippen LogP contribution in [0.4, 0.5) is 0 Å². The number of fused-ring (bicyclic) bond motifs is 1. The smallest absolute Gasteiger partial charge is 0.219 e. The Kier molecular flexibility index (Phi) is 2.34. The van der Waals surface area contributed by atoms with Gasteiger partial charge in [-0.05, 0) is 18.8 Å². The third-order valence-electron chi connectivity index (χ3n) is 3.40. The first-order valence-electron chi connectivity index (χ1n) is 5.09. The minimum Gasteiger partial charge on any atom is -0.264 e. The molecule has 2 aliphatic rings. The molecule has 13 heavy (non-hydrogen) atoms. The first-order chi connectivity index (χ1) is 6.29. The van der Waals surface area contributed by atoms with Gasteiger partial charge >= 0.3 is 0 Å². The van der Waals surface area contributed by atoms with Crippen LogP contribution in [0.1, 0.15) is 32.1 Å². The van der Waals surface area contributed by atoms with Crippen LogP contribution < -0.4 is 0 Å². The summed E-state index contributed by atoms with van der Waals surface area (Å²) in [7, 11) is 0. The zero-order valence-corrected chi connectivity index (χ0v) is 7.69. The first kappa shape index (κ1) is 8.73. The molecule has 0 aromatic heterocycles. The van der Waals surface area contributed by atoms with E-state index in [0.29, 0.717) is 18.3 Å². The largest absolute Gasteiger partial charge is 0.264 e. The molecule has 0 unspecified atom stereocenters. The summed E-state index contributed by atoms with van der Waals surface area (Å²) in [5, 5.41) is 10.8. The van der Waals surface area contributed by atoms with Crippen LogP contribution in [0.2, 0.25) is 0 Å². The van der Waals surface area contributed by atoms with Crippen LogP contribution in [0.25, 0.3) is 0 Å². The third-order valence-corrected chi connectivity index (χ3v) is 3.40. The highest BCUT2D eigenvalue weighted by Gasteiger charge is 2.38. The van der Waals surface area contributed by atoms with Gasteiger partial charge in [-0.15, -0.1) is 0 Å². The summed E-state index contributed by atoms with van der Waals surface area (Å²) in [4.78, 5) is 10.7. The van der Waals surface area contributed by atoms with E-state index in [1.807, 2.05) is 6.08 Å². The van der Waals surface area contributed by atoms with Gasteiger partial charge in [-0.25, -0.2) is 0 Å². The Labute approximate surface area is 78.0 Å². The lowest BCUT2D eigenvalue weighted by Gasteiger charge is -2.33. The zero-order valence-electron chi connectivity index (χ0n) is 7.69. The Morgan fingerprint density at radius 3 is 2.85 bits per heavy atom. The minimum absolute atomic E-state index is 0.0769. The molecule has 0 radical (unpaired) electrons. The average molecular weight is 181 g/mol. The molecule has 0 bridgehead atoms. The Bertz CT molecular complexity index is 237. The van der Waals surface area contributed by atoms with Gasteiger partial charge in [0, 0.05) is 17.3 Å². The SMILES string of the molecule is O=[N+]([O-])[C@H]1CC=C[C@H]2CCCC[C@@H]21. The van der Waals surface area contributed by atoms with Crippen LogP contribution in [0.15, 0.2) is 12.2 Å². The molecule has 0 aromatic rings. The van der Waals surface area contributed by atoms with Gasteiger partial charge in [-0.2, -0.15) is 0 Å². The molecule has 3 heteroatoms. The lowest BCUT2D eigenvalue weighted by atomic mass is 9.72. The number of nitro groups is 1. The molecule has 2 aliphatic carbocycles. The van der Waals surface area contributed by atoms with Gasteiger partial charge in [0.1, 0.15) is 0 Å². The van der Waals surface area contributed by atoms with E-state index >= 15 is 0 Å². The second-order valence-corrected chi connectivity index (χ2v) is 4.13. The molecule has 1 fully saturated rings. The molecule has 0 N–H and O–H groups in total. The fourth-order valence-electron chi connectivity index (χ4n) is 2.71. The highest BCUT2D eigenvalue weighted by Crippen LogP contribution is 2.38. The van der Waals surface area contributed by atoms with Crippen molar-refractivity contribution in [1.82, 2.24) is 0 Å². The molecule has 0 aromatic carbocycles. The highest BCUT2D eigenvalue weighted by atomic mass is 16.6. The van der Waals surface area contributed by atoms with Crippen LogP contribution >= 0.6 is 0 Å². The van der Waals surface area contributed by atoms with Crippen LogP contribution in [0, 0.1) is 22.0 Å². The van der Waals surface area contributed by atoms with Gasteiger partial charge in [-0.1, -0.05) is 25.0 Å². The fourth-order valence-corrected chi connectivity index (χ4v) is 2.71. The normalized spacial score (nSPS) is 38.3. The number of nitrogens with zero attached hydrogens (tertiary/aromatic N) is 1. The lowest BCUT2D eigenvalue weighted by molar-refractivity contribution is -0.534. The lowest BCUT2D eigenvalue weighted by Crippen LogP contribution is -2.37. The Balaban J connectivity index is 2.14. The summed E-state index contributed by atoms with van der Waals surface area (Å²) in [6.45, 7) is 0. The second kappa shape index (κ2) is 3.48. The van der Waals surface area contributed by atoms with Gasteiger partial charge in [0.05, 0.1) is 0 Å². The van der Waals surface area contributed by atoms with E-state index in [1.165, 1.54) is 12.8 Å². The molecule has 0 amide bonds. The first-order valence-corrected chi connectivity index (χ1v) is 5.09. The van der Waals surface area contributed by atoms with Crippen molar-refractivity contribution in [2.45, 2.75) is 38.1 Å². The van der Waals surface area contributed by atoms with Gasteiger partial charge in [0.25, 0.3) is 0 Å². The molecule has 0 spiro atoms. The maximum atomic E-state index is 10.8. The molecule has 1 saturated carbocycles. The topological polar surface area (TPSA) is 43.1 Å².